The summed E-state index contributed by atoms with van der Waals surface area (Å²) in [6.45, 7) is 2.10. The lowest BCUT2D eigenvalue weighted by Gasteiger charge is -2.31. The molecule has 3 aliphatic heterocycles. The van der Waals surface area contributed by atoms with E-state index in [4.69, 9.17) is 30.8 Å². The smallest absolute Gasteiger partial charge is 0.212 e. The fourth-order valence-electron chi connectivity index (χ4n) is 5.11. The maximum atomic E-state index is 9.97. The zero-order valence-electron chi connectivity index (χ0n) is 18.9. The molecule has 3 saturated heterocycles. The summed E-state index contributed by atoms with van der Waals surface area (Å²) in [4.78, 5) is 10.1. The minimum Gasteiger partial charge on any atom is -0.469 e. The molecule has 3 aromatic rings. The monoisotopic (exact) mass is 496 g/mol. The van der Waals surface area contributed by atoms with E-state index in [9.17, 15) is 15.5 Å². The average molecular weight is 497 g/mol. The van der Waals surface area contributed by atoms with E-state index in [1.165, 1.54) is 0 Å². The van der Waals surface area contributed by atoms with Crippen LogP contribution in [-0.4, -0.2) is 77.0 Å². The van der Waals surface area contributed by atoms with Gasteiger partial charge in [0.05, 0.1) is 35.6 Å². The summed E-state index contributed by atoms with van der Waals surface area (Å²) in [6, 6.07) is 11.9. The second-order valence-corrected chi connectivity index (χ2v) is 9.65. The maximum absolute atomic E-state index is 9.97. The lowest BCUT2D eigenvalue weighted by molar-refractivity contribution is 0.00789. The molecule has 5 heterocycles. The number of aliphatic hydroxyl groups excluding tert-OH is 2. The van der Waals surface area contributed by atoms with Gasteiger partial charge < -0.3 is 34.3 Å². The van der Waals surface area contributed by atoms with Gasteiger partial charge in [0.2, 0.25) is 5.88 Å². The topological polar surface area (TPSA) is 124 Å². The number of ether oxygens (including phenoxy) is 3. The summed E-state index contributed by atoms with van der Waals surface area (Å²) >= 11 is 6.59. The molecule has 3 N–H and O–H groups in total. The Morgan fingerprint density at radius 2 is 1.86 bits per heavy atom. The van der Waals surface area contributed by atoms with Gasteiger partial charge in [-0.15, -0.1) is 0 Å². The van der Waals surface area contributed by atoms with Crippen LogP contribution in [0, 0.1) is 11.3 Å². The first-order chi connectivity index (χ1) is 17.0. The van der Waals surface area contributed by atoms with Gasteiger partial charge in [-0.25, -0.2) is 4.98 Å². The van der Waals surface area contributed by atoms with Crippen molar-refractivity contribution in [2.24, 2.45) is 0 Å². The molecule has 0 saturated carbocycles. The van der Waals surface area contributed by atoms with E-state index in [0.29, 0.717) is 21.7 Å². The van der Waals surface area contributed by atoms with Crippen LogP contribution < -0.4 is 9.64 Å². The molecule has 4 atom stereocenters. The quantitative estimate of drug-likeness (QED) is 0.503. The molecule has 0 aliphatic carbocycles. The van der Waals surface area contributed by atoms with E-state index in [0.717, 1.165) is 37.2 Å². The van der Waals surface area contributed by atoms with Gasteiger partial charge in [-0.1, -0.05) is 23.7 Å². The van der Waals surface area contributed by atoms with Crippen molar-refractivity contribution in [1.82, 2.24) is 9.97 Å². The largest absolute Gasteiger partial charge is 0.469 e. The number of aromatic amines is 1. The highest BCUT2D eigenvalue weighted by molar-refractivity contribution is 6.33. The highest BCUT2D eigenvalue weighted by Crippen LogP contribution is 2.36. The minimum atomic E-state index is -0.678. The molecule has 0 spiro atoms. The first-order valence-electron chi connectivity index (χ1n) is 11.8. The number of pyridine rings is 1. The molecule has 9 nitrogen and oxygen atoms in total. The Morgan fingerprint density at radius 3 is 2.60 bits per heavy atom. The van der Waals surface area contributed by atoms with Gasteiger partial charge >= 0.3 is 0 Å². The second-order valence-electron chi connectivity index (χ2n) is 9.24. The molecule has 35 heavy (non-hydrogen) atoms. The fraction of sp³-hybridized carbons (Fsp3) is 0.440. The van der Waals surface area contributed by atoms with Gasteiger partial charge in [0, 0.05) is 24.3 Å². The number of fused-ring (bicyclic) bond motifs is 2. The molecule has 0 bridgehead atoms. The predicted molar refractivity (Wildman–Crippen MR) is 129 cm³/mol. The highest BCUT2D eigenvalue weighted by atomic mass is 35.5. The molecule has 10 heteroatoms. The lowest BCUT2D eigenvalue weighted by atomic mass is 10.1. The first-order valence-corrected chi connectivity index (χ1v) is 12.1. The number of piperidine rings is 1. The van der Waals surface area contributed by atoms with Crippen LogP contribution in [0.3, 0.4) is 0 Å². The third-order valence-electron chi connectivity index (χ3n) is 7.02. The molecule has 6 rings (SSSR count). The normalized spacial score (nSPS) is 26.7. The van der Waals surface area contributed by atoms with Crippen molar-refractivity contribution in [3.05, 3.63) is 40.9 Å². The number of aromatic nitrogens is 2. The number of benzene rings is 1. The molecular weight excluding hydrogens is 472 g/mol. The predicted octanol–water partition coefficient (Wildman–Crippen LogP) is 2.62. The lowest BCUT2D eigenvalue weighted by Crippen LogP contribution is -2.35. The number of halogens is 1. The van der Waals surface area contributed by atoms with Crippen molar-refractivity contribution in [3.8, 4) is 23.2 Å². The van der Waals surface area contributed by atoms with Crippen molar-refractivity contribution >= 4 is 28.3 Å². The number of nitriles is 1. The Labute approximate surface area is 206 Å². The molecule has 3 aliphatic rings. The van der Waals surface area contributed by atoms with E-state index in [1.54, 1.807) is 6.07 Å². The van der Waals surface area contributed by atoms with Gasteiger partial charge in [-0.3, -0.25) is 0 Å². The zero-order valence-corrected chi connectivity index (χ0v) is 19.6. The minimum absolute atomic E-state index is 0.200. The number of H-pyrrole nitrogens is 1. The van der Waals surface area contributed by atoms with Crippen molar-refractivity contribution in [1.29, 1.82) is 5.26 Å². The molecule has 0 radical (unpaired) electrons. The van der Waals surface area contributed by atoms with E-state index in [2.05, 4.69) is 16.0 Å². The number of aliphatic hydroxyl groups is 2. The zero-order chi connectivity index (χ0) is 24.1. The summed E-state index contributed by atoms with van der Waals surface area (Å²) < 4.78 is 17.3. The summed E-state index contributed by atoms with van der Waals surface area (Å²) in [5, 5.41) is 30.1. The Bertz CT molecular complexity index is 1280. The van der Waals surface area contributed by atoms with Crippen LogP contribution in [0.1, 0.15) is 18.4 Å². The third-order valence-corrected chi connectivity index (χ3v) is 7.31. The van der Waals surface area contributed by atoms with Gasteiger partial charge in [-0.05, 0) is 31.0 Å². The van der Waals surface area contributed by atoms with E-state index in [-0.39, 0.29) is 30.8 Å². The summed E-state index contributed by atoms with van der Waals surface area (Å²) in [7, 11) is 0. The summed E-state index contributed by atoms with van der Waals surface area (Å²) in [6.07, 6.45) is -0.629. The van der Waals surface area contributed by atoms with E-state index >= 15 is 0 Å². The Morgan fingerprint density at radius 1 is 1.11 bits per heavy atom. The molecule has 0 amide bonds. The highest BCUT2D eigenvalue weighted by Gasteiger charge is 2.48. The number of nitrogens with one attached hydrogen (secondary N) is 1. The van der Waals surface area contributed by atoms with Gasteiger partial charge in [0.15, 0.2) is 6.10 Å². The molecule has 2 aromatic heterocycles. The number of hydrogen-bond acceptors (Lipinski definition) is 8. The number of nitrogens with zero attached hydrogens (tertiary/aromatic N) is 3. The van der Waals surface area contributed by atoms with Crippen molar-refractivity contribution < 1.29 is 24.4 Å². The van der Waals surface area contributed by atoms with Crippen LogP contribution in [0.4, 0.5) is 5.69 Å². The Hall–Kier alpha value is -2.87. The van der Waals surface area contributed by atoms with Crippen molar-refractivity contribution in [2.45, 2.75) is 43.4 Å². The van der Waals surface area contributed by atoms with Crippen LogP contribution >= 0.6 is 11.6 Å². The molecule has 3 fully saturated rings. The van der Waals surface area contributed by atoms with Crippen LogP contribution in [0.25, 0.3) is 22.3 Å². The van der Waals surface area contributed by atoms with Crippen molar-refractivity contribution in [2.75, 3.05) is 31.2 Å². The summed E-state index contributed by atoms with van der Waals surface area (Å²) in [5.74, 6) is 0.282. The second kappa shape index (κ2) is 8.97. The number of hydrogen-bond donors (Lipinski definition) is 3. The van der Waals surface area contributed by atoms with Gasteiger partial charge in [0.25, 0.3) is 0 Å². The van der Waals surface area contributed by atoms with E-state index < -0.39 is 24.4 Å². The Balaban J connectivity index is 1.28. The molecular formula is C25H25ClN4O5. The Kier molecular flexibility index (Phi) is 5.79. The average Bonchev–Trinajstić information content (AvgIpc) is 3.54. The number of rotatable bonds is 4. The molecule has 0 unspecified atom stereocenters. The van der Waals surface area contributed by atoms with Gasteiger partial charge in [0.1, 0.15) is 35.5 Å². The van der Waals surface area contributed by atoms with Gasteiger partial charge in [-0.2, -0.15) is 5.26 Å². The van der Waals surface area contributed by atoms with Crippen LogP contribution in [0.15, 0.2) is 30.3 Å². The third kappa shape index (κ3) is 4.01. The fourth-order valence-corrected chi connectivity index (χ4v) is 5.37. The SMILES string of the molecule is N#Cc1c(O[C@@H]2CO[C@H]3[C@@H]2OC[C@H]3O)[nH]c2cc(Cl)c(-c3ccc(N4CCC(O)CC4)cc3)nc12. The maximum Gasteiger partial charge on any atom is 0.212 e. The molecule has 182 valence electrons. The standard InChI is InChI=1S/C25H25ClN4O5/c26-17-9-18-22(16(10-27)25(28-18)35-20-12-34-23-19(32)11-33-24(20)23)29-21(17)13-1-3-14(4-2-13)30-7-5-15(31)6-8-30/h1-4,9,15,19-20,23-24,28,31-32H,5-8,11-12H2/t19-,20-,23-,24-/m1/s1. The van der Waals surface area contributed by atoms with Crippen LogP contribution in [-0.2, 0) is 9.47 Å². The van der Waals surface area contributed by atoms with Crippen LogP contribution in [0.5, 0.6) is 5.88 Å². The van der Waals surface area contributed by atoms with Crippen molar-refractivity contribution in [3.63, 3.8) is 0 Å². The van der Waals surface area contributed by atoms with Crippen LogP contribution in [0.2, 0.25) is 5.02 Å². The first kappa shape index (κ1) is 22.6. The number of anilines is 1. The van der Waals surface area contributed by atoms with E-state index in [1.807, 2.05) is 24.3 Å². The summed E-state index contributed by atoms with van der Waals surface area (Å²) in [5.41, 5.74) is 3.85. The molecule has 1 aromatic carbocycles.